The highest BCUT2D eigenvalue weighted by molar-refractivity contribution is 14.1. The van der Waals surface area contributed by atoms with Gasteiger partial charge in [-0.1, -0.05) is 6.07 Å². The van der Waals surface area contributed by atoms with E-state index in [2.05, 4.69) is 59.9 Å². The summed E-state index contributed by atoms with van der Waals surface area (Å²) in [6.45, 7) is 2.05. The first-order valence-electron chi connectivity index (χ1n) is 4.88. The van der Waals surface area contributed by atoms with Crippen molar-refractivity contribution in [2.45, 2.75) is 6.92 Å². The molecule has 0 spiro atoms. The molecule has 1 aromatic heterocycles. The van der Waals surface area contributed by atoms with Gasteiger partial charge >= 0.3 is 0 Å². The van der Waals surface area contributed by atoms with Crippen LogP contribution in [-0.2, 0) is 0 Å². The molecule has 0 aliphatic carbocycles. The number of rotatable bonds is 2. The monoisotopic (exact) mass is 404 g/mol. The summed E-state index contributed by atoms with van der Waals surface area (Å²) in [5.41, 5.74) is 7.80. The van der Waals surface area contributed by atoms with Gasteiger partial charge < -0.3 is 11.1 Å². The minimum Gasteiger partial charge on any atom is -0.383 e. The van der Waals surface area contributed by atoms with Gasteiger partial charge in [0.15, 0.2) is 0 Å². The molecule has 0 aliphatic heterocycles. The van der Waals surface area contributed by atoms with E-state index in [0.29, 0.717) is 16.4 Å². The largest absolute Gasteiger partial charge is 0.383 e. The normalized spacial score (nSPS) is 10.3. The molecule has 88 valence electrons. The van der Waals surface area contributed by atoms with Gasteiger partial charge in [0.1, 0.15) is 10.4 Å². The third kappa shape index (κ3) is 3.06. The number of nitrogens with zero attached hydrogens (tertiary/aromatic N) is 2. The van der Waals surface area contributed by atoms with Crippen LogP contribution in [0, 0.1) is 10.5 Å². The highest BCUT2D eigenvalue weighted by Crippen LogP contribution is 2.23. The summed E-state index contributed by atoms with van der Waals surface area (Å²) in [4.78, 5) is 8.34. The average molecular weight is 405 g/mol. The first-order valence-corrected chi connectivity index (χ1v) is 6.75. The van der Waals surface area contributed by atoms with E-state index < -0.39 is 0 Å². The SMILES string of the molecule is Cc1c(I)cccc1Nc1nc(N)cc(Br)n1. The quantitative estimate of drug-likeness (QED) is 0.594. The number of nitrogen functional groups attached to an aromatic ring is 1. The first-order chi connectivity index (χ1) is 8.06. The number of nitrogens with one attached hydrogen (secondary N) is 1. The van der Waals surface area contributed by atoms with Gasteiger partial charge in [0.05, 0.1) is 0 Å². The van der Waals surface area contributed by atoms with Crippen LogP contribution in [0.25, 0.3) is 0 Å². The van der Waals surface area contributed by atoms with Crippen LogP contribution in [0.1, 0.15) is 5.56 Å². The van der Waals surface area contributed by atoms with Crippen molar-refractivity contribution in [3.8, 4) is 0 Å². The van der Waals surface area contributed by atoms with E-state index in [9.17, 15) is 0 Å². The lowest BCUT2D eigenvalue weighted by atomic mass is 10.2. The lowest BCUT2D eigenvalue weighted by Crippen LogP contribution is -2.02. The second kappa shape index (κ2) is 5.18. The van der Waals surface area contributed by atoms with Crippen molar-refractivity contribution >= 4 is 56.0 Å². The van der Waals surface area contributed by atoms with Gasteiger partial charge in [-0.3, -0.25) is 0 Å². The van der Waals surface area contributed by atoms with Gasteiger partial charge in [-0.25, -0.2) is 4.98 Å². The van der Waals surface area contributed by atoms with Crippen molar-refractivity contribution in [1.82, 2.24) is 9.97 Å². The Bertz CT molecular complexity index is 539. The standard InChI is InChI=1S/C11H10BrIN4/c1-6-7(13)3-2-4-8(6)15-11-16-9(12)5-10(14)17-11/h2-5H,1H3,(H3,14,15,16,17). The van der Waals surface area contributed by atoms with Crippen LogP contribution in [0.5, 0.6) is 0 Å². The maximum atomic E-state index is 5.66. The molecular weight excluding hydrogens is 395 g/mol. The molecular formula is C11H10BrIN4. The summed E-state index contributed by atoms with van der Waals surface area (Å²) in [7, 11) is 0. The van der Waals surface area contributed by atoms with E-state index in [1.807, 2.05) is 19.1 Å². The van der Waals surface area contributed by atoms with Crippen molar-refractivity contribution in [3.05, 3.63) is 38.0 Å². The zero-order valence-electron chi connectivity index (χ0n) is 9.04. The first kappa shape index (κ1) is 12.6. The number of halogens is 2. The van der Waals surface area contributed by atoms with Gasteiger partial charge in [0.25, 0.3) is 0 Å². The average Bonchev–Trinajstić information content (AvgIpc) is 2.23. The van der Waals surface area contributed by atoms with E-state index in [4.69, 9.17) is 5.73 Å². The van der Waals surface area contributed by atoms with Crippen LogP contribution in [-0.4, -0.2) is 9.97 Å². The van der Waals surface area contributed by atoms with Crippen molar-refractivity contribution < 1.29 is 0 Å². The van der Waals surface area contributed by atoms with Gasteiger partial charge in [-0.2, -0.15) is 4.98 Å². The Morgan fingerprint density at radius 2 is 2.12 bits per heavy atom. The molecule has 0 atom stereocenters. The highest BCUT2D eigenvalue weighted by atomic mass is 127. The van der Waals surface area contributed by atoms with Crippen LogP contribution in [0.3, 0.4) is 0 Å². The third-order valence-electron chi connectivity index (χ3n) is 2.23. The molecule has 0 fully saturated rings. The Labute approximate surface area is 121 Å². The summed E-state index contributed by atoms with van der Waals surface area (Å²) >= 11 is 5.58. The highest BCUT2D eigenvalue weighted by Gasteiger charge is 2.05. The molecule has 17 heavy (non-hydrogen) atoms. The molecule has 0 radical (unpaired) electrons. The van der Waals surface area contributed by atoms with Crippen LogP contribution in [0.2, 0.25) is 0 Å². The molecule has 0 saturated heterocycles. The molecule has 4 nitrogen and oxygen atoms in total. The number of anilines is 3. The molecule has 0 amide bonds. The summed E-state index contributed by atoms with van der Waals surface area (Å²) in [6, 6.07) is 7.68. The van der Waals surface area contributed by atoms with Gasteiger partial charge in [-0.15, -0.1) is 0 Å². The molecule has 2 rings (SSSR count). The molecule has 2 aromatic rings. The van der Waals surface area contributed by atoms with Crippen LogP contribution in [0.15, 0.2) is 28.9 Å². The number of aromatic nitrogens is 2. The molecule has 1 heterocycles. The summed E-state index contributed by atoms with van der Waals surface area (Å²) in [5, 5.41) is 3.16. The second-order valence-corrected chi connectivity index (χ2v) is 5.45. The fourth-order valence-corrected chi connectivity index (χ4v) is 2.25. The number of hydrogen-bond donors (Lipinski definition) is 2. The third-order valence-corrected chi connectivity index (χ3v) is 3.80. The summed E-state index contributed by atoms with van der Waals surface area (Å²) in [5.74, 6) is 0.916. The van der Waals surface area contributed by atoms with Gasteiger partial charge in [0.2, 0.25) is 5.95 Å². The summed E-state index contributed by atoms with van der Waals surface area (Å²) < 4.78 is 1.85. The fourth-order valence-electron chi connectivity index (χ4n) is 1.35. The smallest absolute Gasteiger partial charge is 0.230 e. The molecule has 1 aromatic carbocycles. The van der Waals surface area contributed by atoms with E-state index in [-0.39, 0.29) is 0 Å². The Morgan fingerprint density at radius 3 is 2.82 bits per heavy atom. The minimum absolute atomic E-state index is 0.428. The molecule has 0 bridgehead atoms. The molecule has 0 unspecified atom stereocenters. The van der Waals surface area contributed by atoms with E-state index in [0.717, 1.165) is 11.3 Å². The lowest BCUT2D eigenvalue weighted by Gasteiger charge is -2.09. The van der Waals surface area contributed by atoms with Crippen molar-refractivity contribution in [2.75, 3.05) is 11.1 Å². The number of nitrogens with two attached hydrogens (primary N) is 1. The van der Waals surface area contributed by atoms with E-state index in [1.54, 1.807) is 6.07 Å². The lowest BCUT2D eigenvalue weighted by molar-refractivity contribution is 1.14. The topological polar surface area (TPSA) is 63.8 Å². The Balaban J connectivity index is 2.34. The number of hydrogen-bond acceptors (Lipinski definition) is 4. The van der Waals surface area contributed by atoms with Crippen LogP contribution >= 0.6 is 38.5 Å². The van der Waals surface area contributed by atoms with Crippen LogP contribution in [0.4, 0.5) is 17.5 Å². The predicted octanol–water partition coefficient (Wildman–Crippen LogP) is 3.48. The fraction of sp³-hybridized carbons (Fsp3) is 0.0909. The van der Waals surface area contributed by atoms with Gasteiger partial charge in [0, 0.05) is 15.3 Å². The summed E-state index contributed by atoms with van der Waals surface area (Å²) in [6.07, 6.45) is 0. The van der Waals surface area contributed by atoms with Crippen molar-refractivity contribution in [3.63, 3.8) is 0 Å². The van der Waals surface area contributed by atoms with E-state index >= 15 is 0 Å². The number of benzene rings is 1. The Hall–Kier alpha value is -0.890. The Kier molecular flexibility index (Phi) is 3.82. The van der Waals surface area contributed by atoms with Crippen molar-refractivity contribution in [2.24, 2.45) is 0 Å². The predicted molar refractivity (Wildman–Crippen MR) is 81.3 cm³/mol. The zero-order chi connectivity index (χ0) is 12.4. The maximum Gasteiger partial charge on any atom is 0.230 e. The van der Waals surface area contributed by atoms with Crippen molar-refractivity contribution in [1.29, 1.82) is 0 Å². The molecule has 3 N–H and O–H groups in total. The zero-order valence-corrected chi connectivity index (χ0v) is 12.8. The molecule has 0 aliphatic rings. The molecule has 6 heteroatoms. The van der Waals surface area contributed by atoms with Gasteiger partial charge in [-0.05, 0) is 63.1 Å². The second-order valence-electron chi connectivity index (χ2n) is 3.48. The van der Waals surface area contributed by atoms with Crippen LogP contribution < -0.4 is 11.1 Å². The Morgan fingerprint density at radius 1 is 1.35 bits per heavy atom. The van der Waals surface area contributed by atoms with E-state index in [1.165, 1.54) is 3.57 Å². The maximum absolute atomic E-state index is 5.66. The molecule has 0 saturated carbocycles. The minimum atomic E-state index is 0.428.